The van der Waals surface area contributed by atoms with E-state index in [-0.39, 0.29) is 0 Å². The third kappa shape index (κ3) is 3.20. The molecular formula is C15H13NO4. The lowest BCUT2D eigenvalue weighted by atomic mass is 10.1. The molecule has 0 saturated carbocycles. The van der Waals surface area contributed by atoms with E-state index in [0.717, 1.165) is 11.1 Å². The Morgan fingerprint density at radius 2 is 1.55 bits per heavy atom. The number of nitrogens with zero attached hydrogens (tertiary/aromatic N) is 1. The van der Waals surface area contributed by atoms with Gasteiger partial charge in [0.15, 0.2) is 6.10 Å². The minimum Gasteiger partial charge on any atom is -0.479 e. The Balaban J connectivity index is 2.14. The Morgan fingerprint density at radius 1 is 1.05 bits per heavy atom. The van der Waals surface area contributed by atoms with Gasteiger partial charge in [-0.25, -0.2) is 4.79 Å². The topological polar surface area (TPSA) is 76.0 Å². The number of rotatable bonds is 5. The van der Waals surface area contributed by atoms with Crippen molar-refractivity contribution in [2.75, 3.05) is 0 Å². The molecule has 2 rings (SSSR count). The Labute approximate surface area is 115 Å². The molecule has 0 spiro atoms. The summed E-state index contributed by atoms with van der Waals surface area (Å²) in [7, 11) is 0. The summed E-state index contributed by atoms with van der Waals surface area (Å²) in [6, 6.07) is 13.9. The predicted molar refractivity (Wildman–Crippen MR) is 75.1 cm³/mol. The molecule has 0 aliphatic heterocycles. The molecule has 2 aromatic rings. The Hall–Kier alpha value is -2.69. The monoisotopic (exact) mass is 271 g/mol. The normalized spacial score (nSPS) is 11.7. The van der Waals surface area contributed by atoms with Crippen molar-refractivity contribution < 1.29 is 14.6 Å². The SMILES string of the molecule is CC(Oc1ccc(-c2ccc(N=O)cc2)cc1)C(=O)O. The largest absolute Gasteiger partial charge is 0.479 e. The van der Waals surface area contributed by atoms with E-state index in [9.17, 15) is 9.70 Å². The number of benzene rings is 2. The zero-order valence-electron chi connectivity index (χ0n) is 10.8. The van der Waals surface area contributed by atoms with Gasteiger partial charge >= 0.3 is 5.97 Å². The van der Waals surface area contributed by atoms with Gasteiger partial charge in [0.2, 0.25) is 0 Å². The van der Waals surface area contributed by atoms with E-state index in [1.807, 2.05) is 12.1 Å². The van der Waals surface area contributed by atoms with Gasteiger partial charge in [-0.3, -0.25) is 0 Å². The molecule has 0 amide bonds. The van der Waals surface area contributed by atoms with Gasteiger partial charge in [-0.15, -0.1) is 4.91 Å². The van der Waals surface area contributed by atoms with Crippen molar-refractivity contribution in [1.82, 2.24) is 0 Å². The number of carboxylic acids is 1. The van der Waals surface area contributed by atoms with Crippen LogP contribution in [-0.2, 0) is 4.79 Å². The van der Waals surface area contributed by atoms with Crippen molar-refractivity contribution in [3.8, 4) is 16.9 Å². The van der Waals surface area contributed by atoms with E-state index in [4.69, 9.17) is 9.84 Å². The quantitative estimate of drug-likeness (QED) is 0.843. The zero-order valence-corrected chi connectivity index (χ0v) is 10.8. The summed E-state index contributed by atoms with van der Waals surface area (Å²) in [6.07, 6.45) is -0.890. The molecule has 102 valence electrons. The molecule has 1 N–H and O–H groups in total. The molecule has 0 aromatic heterocycles. The van der Waals surface area contributed by atoms with E-state index in [1.165, 1.54) is 6.92 Å². The van der Waals surface area contributed by atoms with Crippen LogP contribution in [0.1, 0.15) is 6.92 Å². The molecule has 5 heteroatoms. The zero-order chi connectivity index (χ0) is 14.5. The summed E-state index contributed by atoms with van der Waals surface area (Å²) in [5.41, 5.74) is 2.26. The van der Waals surface area contributed by atoms with Crippen LogP contribution in [-0.4, -0.2) is 17.2 Å². The van der Waals surface area contributed by atoms with Crippen LogP contribution < -0.4 is 4.74 Å². The molecule has 0 radical (unpaired) electrons. The Morgan fingerprint density at radius 3 is 2.00 bits per heavy atom. The van der Waals surface area contributed by atoms with E-state index in [0.29, 0.717) is 11.4 Å². The van der Waals surface area contributed by atoms with Gasteiger partial charge in [0.1, 0.15) is 11.4 Å². The molecule has 5 nitrogen and oxygen atoms in total. The van der Waals surface area contributed by atoms with Crippen LogP contribution in [0.25, 0.3) is 11.1 Å². The van der Waals surface area contributed by atoms with Gasteiger partial charge in [0.05, 0.1) is 0 Å². The minimum atomic E-state index is -1.01. The second-order valence-corrected chi connectivity index (χ2v) is 4.26. The van der Waals surface area contributed by atoms with Gasteiger partial charge in [-0.2, -0.15) is 0 Å². The Kier molecular flexibility index (Phi) is 4.10. The molecule has 0 bridgehead atoms. The first-order chi connectivity index (χ1) is 9.60. The second-order valence-electron chi connectivity index (χ2n) is 4.26. The fourth-order valence-corrected chi connectivity index (χ4v) is 1.70. The molecule has 1 atom stereocenters. The summed E-state index contributed by atoms with van der Waals surface area (Å²) in [4.78, 5) is 21.0. The molecule has 0 aliphatic rings. The summed E-state index contributed by atoms with van der Waals surface area (Å²) < 4.78 is 5.25. The third-order valence-corrected chi connectivity index (χ3v) is 2.82. The molecule has 1 unspecified atom stereocenters. The van der Waals surface area contributed by atoms with E-state index in [2.05, 4.69) is 5.18 Å². The van der Waals surface area contributed by atoms with Crippen molar-refractivity contribution in [2.24, 2.45) is 5.18 Å². The lowest BCUT2D eigenvalue weighted by Gasteiger charge is -2.10. The summed E-state index contributed by atoms with van der Waals surface area (Å²) >= 11 is 0. The Bertz CT molecular complexity index is 605. The van der Waals surface area contributed by atoms with Crippen molar-refractivity contribution in [3.63, 3.8) is 0 Å². The van der Waals surface area contributed by atoms with Gasteiger partial charge in [0, 0.05) is 0 Å². The first-order valence-electron chi connectivity index (χ1n) is 6.03. The minimum absolute atomic E-state index is 0.379. The van der Waals surface area contributed by atoms with Crippen molar-refractivity contribution >= 4 is 11.7 Å². The van der Waals surface area contributed by atoms with Gasteiger partial charge in [-0.05, 0) is 47.5 Å². The fourth-order valence-electron chi connectivity index (χ4n) is 1.70. The van der Waals surface area contributed by atoms with Gasteiger partial charge < -0.3 is 9.84 Å². The molecule has 0 heterocycles. The predicted octanol–water partition coefficient (Wildman–Crippen LogP) is 3.60. The van der Waals surface area contributed by atoms with E-state index in [1.54, 1.807) is 36.4 Å². The molecule has 0 fully saturated rings. The number of aliphatic carboxylic acids is 1. The first kappa shape index (κ1) is 13.7. The maximum atomic E-state index is 10.7. The molecule has 0 aliphatic carbocycles. The smallest absolute Gasteiger partial charge is 0.344 e. The molecule has 2 aromatic carbocycles. The van der Waals surface area contributed by atoms with Crippen molar-refractivity contribution in [3.05, 3.63) is 53.4 Å². The van der Waals surface area contributed by atoms with Crippen LogP contribution in [0.4, 0.5) is 5.69 Å². The molecule has 20 heavy (non-hydrogen) atoms. The van der Waals surface area contributed by atoms with Gasteiger partial charge in [-0.1, -0.05) is 24.3 Å². The summed E-state index contributed by atoms with van der Waals surface area (Å²) in [6.45, 7) is 1.47. The van der Waals surface area contributed by atoms with Crippen LogP contribution in [0.2, 0.25) is 0 Å². The fraction of sp³-hybridized carbons (Fsp3) is 0.133. The molecule has 0 saturated heterocycles. The lowest BCUT2D eigenvalue weighted by molar-refractivity contribution is -0.144. The average Bonchev–Trinajstić information content (AvgIpc) is 2.48. The standard InChI is InChI=1S/C15H13NO4/c1-10(15(17)18)20-14-8-4-12(5-9-14)11-2-6-13(16-19)7-3-11/h2-10H,1H3,(H,17,18). The van der Waals surface area contributed by atoms with Crippen LogP contribution >= 0.6 is 0 Å². The number of nitroso groups, excluding NO2 is 1. The highest BCUT2D eigenvalue weighted by molar-refractivity contribution is 5.72. The summed E-state index contributed by atoms with van der Waals surface area (Å²) in [5, 5.41) is 11.6. The highest BCUT2D eigenvalue weighted by Gasteiger charge is 2.12. The van der Waals surface area contributed by atoms with Crippen molar-refractivity contribution in [2.45, 2.75) is 13.0 Å². The highest BCUT2D eigenvalue weighted by Crippen LogP contribution is 2.25. The first-order valence-corrected chi connectivity index (χ1v) is 6.03. The van der Waals surface area contributed by atoms with E-state index >= 15 is 0 Å². The number of ether oxygens (including phenoxy) is 1. The number of hydrogen-bond acceptors (Lipinski definition) is 4. The summed E-state index contributed by atoms with van der Waals surface area (Å²) in [5.74, 6) is -0.513. The van der Waals surface area contributed by atoms with Crippen LogP contribution in [0.5, 0.6) is 5.75 Å². The van der Waals surface area contributed by atoms with E-state index < -0.39 is 12.1 Å². The van der Waals surface area contributed by atoms with Crippen LogP contribution in [0.3, 0.4) is 0 Å². The van der Waals surface area contributed by atoms with Crippen LogP contribution in [0.15, 0.2) is 53.7 Å². The lowest BCUT2D eigenvalue weighted by Crippen LogP contribution is -2.22. The number of carboxylic acid groups (broad SMARTS) is 1. The van der Waals surface area contributed by atoms with Crippen molar-refractivity contribution in [1.29, 1.82) is 0 Å². The number of carbonyl (C=O) groups is 1. The van der Waals surface area contributed by atoms with Crippen LogP contribution in [0, 0.1) is 4.91 Å². The van der Waals surface area contributed by atoms with Gasteiger partial charge in [0.25, 0.3) is 0 Å². The maximum absolute atomic E-state index is 10.7. The second kappa shape index (κ2) is 5.97. The highest BCUT2D eigenvalue weighted by atomic mass is 16.5. The molecular weight excluding hydrogens is 258 g/mol. The number of hydrogen-bond donors (Lipinski definition) is 1. The third-order valence-electron chi connectivity index (χ3n) is 2.82. The average molecular weight is 271 g/mol. The maximum Gasteiger partial charge on any atom is 0.344 e.